The summed E-state index contributed by atoms with van der Waals surface area (Å²) in [5, 5.41) is 3.00. The fourth-order valence-electron chi connectivity index (χ4n) is 2.78. The maximum absolute atomic E-state index is 12.0. The Kier molecular flexibility index (Phi) is 5.46. The van der Waals surface area contributed by atoms with Crippen LogP contribution in [0.2, 0.25) is 0 Å². The fourth-order valence-corrected chi connectivity index (χ4v) is 3.16. The van der Waals surface area contributed by atoms with Crippen molar-refractivity contribution in [1.82, 2.24) is 5.32 Å². The molecule has 4 heteroatoms. The van der Waals surface area contributed by atoms with Gasteiger partial charge < -0.3 is 11.1 Å². The van der Waals surface area contributed by atoms with Crippen LogP contribution in [0.1, 0.15) is 49.4 Å². The van der Waals surface area contributed by atoms with Crippen molar-refractivity contribution in [3.63, 3.8) is 0 Å². The van der Waals surface area contributed by atoms with Crippen molar-refractivity contribution in [2.75, 3.05) is 12.3 Å². The Bertz CT molecular complexity index is 468. The second-order valence-corrected chi connectivity index (χ2v) is 6.76. The minimum Gasteiger partial charge on any atom is -0.398 e. The molecule has 20 heavy (non-hydrogen) atoms. The molecule has 2 rings (SSSR count). The highest BCUT2D eigenvalue weighted by atomic mass is 79.9. The minimum absolute atomic E-state index is 0.0186. The lowest BCUT2D eigenvalue weighted by Crippen LogP contribution is -2.26. The van der Waals surface area contributed by atoms with Gasteiger partial charge in [0, 0.05) is 22.3 Å². The van der Waals surface area contributed by atoms with Crippen molar-refractivity contribution in [3.05, 3.63) is 28.2 Å². The number of nitrogens with two attached hydrogens (primary N) is 1. The summed E-state index contributed by atoms with van der Waals surface area (Å²) < 4.78 is 0.770. The van der Waals surface area contributed by atoms with Crippen LogP contribution in [0, 0.1) is 11.8 Å². The van der Waals surface area contributed by atoms with E-state index in [4.69, 9.17) is 5.73 Å². The largest absolute Gasteiger partial charge is 0.398 e. The topological polar surface area (TPSA) is 55.1 Å². The highest BCUT2D eigenvalue weighted by Crippen LogP contribution is 2.30. The van der Waals surface area contributed by atoms with Crippen LogP contribution in [0.4, 0.5) is 5.69 Å². The molecule has 1 amide bonds. The van der Waals surface area contributed by atoms with E-state index in [9.17, 15) is 4.79 Å². The molecule has 0 unspecified atom stereocenters. The second kappa shape index (κ2) is 7.11. The number of carbonyl (C=O) groups excluding carboxylic acids is 1. The van der Waals surface area contributed by atoms with E-state index in [1.54, 1.807) is 18.2 Å². The Morgan fingerprint density at radius 3 is 2.70 bits per heavy atom. The summed E-state index contributed by atoms with van der Waals surface area (Å²) in [5.41, 5.74) is 7.03. The molecule has 0 aromatic heterocycles. The molecule has 1 aliphatic rings. The molecule has 1 aromatic rings. The van der Waals surface area contributed by atoms with E-state index in [0.29, 0.717) is 11.3 Å². The summed E-state index contributed by atoms with van der Waals surface area (Å²) in [4.78, 5) is 12.0. The van der Waals surface area contributed by atoms with Gasteiger partial charge in [0.15, 0.2) is 0 Å². The maximum Gasteiger partial charge on any atom is 0.251 e. The van der Waals surface area contributed by atoms with E-state index in [0.717, 1.165) is 29.3 Å². The van der Waals surface area contributed by atoms with Crippen molar-refractivity contribution in [1.29, 1.82) is 0 Å². The third kappa shape index (κ3) is 4.23. The Labute approximate surface area is 129 Å². The number of amides is 1. The molecule has 1 aromatic carbocycles. The molecular formula is C16H23BrN2O. The summed E-state index contributed by atoms with van der Waals surface area (Å²) in [6.07, 6.45) is 6.39. The average molecular weight is 339 g/mol. The van der Waals surface area contributed by atoms with Gasteiger partial charge in [0.1, 0.15) is 0 Å². The Hall–Kier alpha value is -1.03. The molecule has 0 atom stereocenters. The van der Waals surface area contributed by atoms with Gasteiger partial charge in [0.05, 0.1) is 0 Å². The quantitative estimate of drug-likeness (QED) is 0.816. The van der Waals surface area contributed by atoms with Crippen molar-refractivity contribution >= 4 is 27.5 Å². The molecule has 0 heterocycles. The van der Waals surface area contributed by atoms with Gasteiger partial charge in [-0.25, -0.2) is 0 Å². The first-order valence-corrected chi connectivity index (χ1v) is 8.18. The van der Waals surface area contributed by atoms with Crippen molar-refractivity contribution in [3.8, 4) is 0 Å². The van der Waals surface area contributed by atoms with Gasteiger partial charge in [-0.15, -0.1) is 0 Å². The van der Waals surface area contributed by atoms with E-state index in [2.05, 4.69) is 28.2 Å². The van der Waals surface area contributed by atoms with E-state index < -0.39 is 0 Å². The predicted octanol–water partition coefficient (Wildman–Crippen LogP) is 3.98. The van der Waals surface area contributed by atoms with E-state index in [1.807, 2.05) is 0 Å². The Morgan fingerprint density at radius 2 is 2.05 bits per heavy atom. The Balaban J connectivity index is 1.76. The first-order valence-electron chi connectivity index (χ1n) is 7.39. The first-order chi connectivity index (χ1) is 9.56. The van der Waals surface area contributed by atoms with Crippen LogP contribution in [0.25, 0.3) is 0 Å². The van der Waals surface area contributed by atoms with Crippen LogP contribution < -0.4 is 11.1 Å². The van der Waals surface area contributed by atoms with Crippen LogP contribution >= 0.6 is 15.9 Å². The van der Waals surface area contributed by atoms with Crippen LogP contribution in [-0.4, -0.2) is 12.5 Å². The average Bonchev–Trinajstić information content (AvgIpc) is 2.44. The fraction of sp³-hybridized carbons (Fsp3) is 0.562. The zero-order chi connectivity index (χ0) is 14.5. The Morgan fingerprint density at radius 1 is 1.35 bits per heavy atom. The van der Waals surface area contributed by atoms with Gasteiger partial charge in [0.2, 0.25) is 0 Å². The van der Waals surface area contributed by atoms with E-state index >= 15 is 0 Å². The number of hydrogen-bond acceptors (Lipinski definition) is 2. The highest BCUT2D eigenvalue weighted by Gasteiger charge is 2.18. The summed E-state index contributed by atoms with van der Waals surface area (Å²) >= 11 is 3.35. The lowest BCUT2D eigenvalue weighted by atomic mass is 9.81. The molecule has 110 valence electrons. The highest BCUT2D eigenvalue weighted by molar-refractivity contribution is 9.10. The SMILES string of the molecule is CC1CCC(CCNC(=O)c2ccc(N)c(Br)c2)CC1. The van der Waals surface area contributed by atoms with Gasteiger partial charge in [-0.3, -0.25) is 4.79 Å². The number of rotatable bonds is 4. The molecule has 1 saturated carbocycles. The summed E-state index contributed by atoms with van der Waals surface area (Å²) in [7, 11) is 0. The lowest BCUT2D eigenvalue weighted by molar-refractivity contribution is 0.0949. The van der Waals surface area contributed by atoms with Gasteiger partial charge in [0.25, 0.3) is 5.91 Å². The number of anilines is 1. The number of nitrogen functional groups attached to an aromatic ring is 1. The molecule has 0 spiro atoms. The number of hydrogen-bond donors (Lipinski definition) is 2. The van der Waals surface area contributed by atoms with E-state index in [1.165, 1.54) is 25.7 Å². The van der Waals surface area contributed by atoms with Gasteiger partial charge in [-0.1, -0.05) is 32.6 Å². The number of benzene rings is 1. The van der Waals surface area contributed by atoms with Crippen molar-refractivity contribution in [2.24, 2.45) is 11.8 Å². The zero-order valence-corrected chi connectivity index (χ0v) is 13.6. The molecule has 0 saturated heterocycles. The summed E-state index contributed by atoms with van der Waals surface area (Å²) in [6.45, 7) is 3.09. The maximum atomic E-state index is 12.0. The third-order valence-electron chi connectivity index (χ3n) is 4.24. The van der Waals surface area contributed by atoms with E-state index in [-0.39, 0.29) is 5.91 Å². The molecule has 3 N–H and O–H groups in total. The molecule has 0 radical (unpaired) electrons. The first kappa shape index (κ1) is 15.4. The molecule has 0 aliphatic heterocycles. The minimum atomic E-state index is -0.0186. The summed E-state index contributed by atoms with van der Waals surface area (Å²) in [5.74, 6) is 1.65. The molecule has 1 fully saturated rings. The molecular weight excluding hydrogens is 316 g/mol. The van der Waals surface area contributed by atoms with Crippen LogP contribution in [0.15, 0.2) is 22.7 Å². The summed E-state index contributed by atoms with van der Waals surface area (Å²) in [6, 6.07) is 5.28. The molecule has 1 aliphatic carbocycles. The van der Waals surface area contributed by atoms with Crippen LogP contribution in [0.3, 0.4) is 0 Å². The lowest BCUT2D eigenvalue weighted by Gasteiger charge is -2.26. The molecule has 0 bridgehead atoms. The predicted molar refractivity (Wildman–Crippen MR) is 86.6 cm³/mol. The van der Waals surface area contributed by atoms with Crippen LogP contribution in [0.5, 0.6) is 0 Å². The van der Waals surface area contributed by atoms with Crippen molar-refractivity contribution < 1.29 is 4.79 Å². The smallest absolute Gasteiger partial charge is 0.251 e. The number of nitrogens with one attached hydrogen (secondary N) is 1. The standard InChI is InChI=1S/C16H23BrN2O/c1-11-2-4-12(5-3-11)8-9-19-16(20)13-6-7-15(18)14(17)10-13/h6-7,10-12H,2-5,8-9,18H2,1H3,(H,19,20). The normalized spacial score (nSPS) is 22.5. The van der Waals surface area contributed by atoms with Gasteiger partial charge in [-0.2, -0.15) is 0 Å². The number of halogens is 1. The zero-order valence-electron chi connectivity index (χ0n) is 12.0. The monoisotopic (exact) mass is 338 g/mol. The van der Waals surface area contributed by atoms with Gasteiger partial charge in [-0.05, 0) is 52.4 Å². The van der Waals surface area contributed by atoms with Gasteiger partial charge >= 0.3 is 0 Å². The number of carbonyl (C=O) groups is 1. The third-order valence-corrected chi connectivity index (χ3v) is 4.92. The van der Waals surface area contributed by atoms with Crippen LogP contribution in [-0.2, 0) is 0 Å². The molecule has 3 nitrogen and oxygen atoms in total. The van der Waals surface area contributed by atoms with Crippen molar-refractivity contribution in [2.45, 2.75) is 39.0 Å². The second-order valence-electron chi connectivity index (χ2n) is 5.91.